The van der Waals surface area contributed by atoms with Crippen molar-refractivity contribution in [2.75, 3.05) is 13.1 Å². The summed E-state index contributed by atoms with van der Waals surface area (Å²) in [6.07, 6.45) is 3.17. The zero-order valence-electron chi connectivity index (χ0n) is 16.9. The Kier molecular flexibility index (Phi) is 4.35. The number of urea groups is 1. The van der Waals surface area contributed by atoms with Gasteiger partial charge in [-0.3, -0.25) is 20.3 Å². The van der Waals surface area contributed by atoms with E-state index in [-0.39, 0.29) is 54.6 Å². The van der Waals surface area contributed by atoms with Gasteiger partial charge in [0.1, 0.15) is 6.17 Å². The number of carbonyl (C=O) groups is 2. The molecular weight excluding hydrogens is 360 g/mol. The van der Waals surface area contributed by atoms with E-state index in [9.17, 15) is 9.59 Å². The minimum absolute atomic E-state index is 0.0163. The number of nitrogens with one attached hydrogen (secondary N) is 4. The Bertz CT molecular complexity index is 672. The summed E-state index contributed by atoms with van der Waals surface area (Å²) in [5.74, 6) is 0.0142. The summed E-state index contributed by atoms with van der Waals surface area (Å²) in [6, 6.07) is -0.0818. The first kappa shape index (κ1) is 18.6. The van der Waals surface area contributed by atoms with Crippen LogP contribution in [0.15, 0.2) is 0 Å². The van der Waals surface area contributed by atoms with Gasteiger partial charge in [0.15, 0.2) is 0 Å². The van der Waals surface area contributed by atoms with Gasteiger partial charge in [0.05, 0.1) is 42.2 Å². The minimum Gasteiger partial charge on any atom is -0.373 e. The van der Waals surface area contributed by atoms with Crippen molar-refractivity contribution in [3.8, 4) is 0 Å². The second-order valence-corrected chi connectivity index (χ2v) is 9.39. The Balaban J connectivity index is 1.52. The van der Waals surface area contributed by atoms with Crippen LogP contribution in [-0.2, 0) is 9.53 Å². The van der Waals surface area contributed by atoms with E-state index < -0.39 is 5.66 Å². The van der Waals surface area contributed by atoms with Gasteiger partial charge in [0, 0.05) is 6.54 Å². The van der Waals surface area contributed by atoms with Crippen LogP contribution in [0.4, 0.5) is 4.79 Å². The molecule has 0 aromatic rings. The molecule has 5 rings (SSSR count). The average Bonchev–Trinajstić information content (AvgIpc) is 2.96. The van der Waals surface area contributed by atoms with Crippen molar-refractivity contribution in [3.63, 3.8) is 0 Å². The number of amides is 3. The van der Waals surface area contributed by atoms with Crippen molar-refractivity contribution >= 4 is 11.9 Å². The predicted octanol–water partition coefficient (Wildman–Crippen LogP) is -0.303. The molecule has 0 spiro atoms. The lowest BCUT2D eigenvalue weighted by atomic mass is 9.86. The van der Waals surface area contributed by atoms with Gasteiger partial charge in [-0.05, 0) is 53.0 Å². The van der Waals surface area contributed by atoms with Crippen molar-refractivity contribution in [2.24, 2.45) is 5.92 Å². The fourth-order valence-electron chi connectivity index (χ4n) is 5.82. The van der Waals surface area contributed by atoms with E-state index in [1.54, 1.807) is 0 Å². The molecule has 9 nitrogen and oxygen atoms in total. The Morgan fingerprint density at radius 1 is 1.14 bits per heavy atom. The molecule has 156 valence electrons. The molecule has 2 bridgehead atoms. The number of piperidine rings is 2. The van der Waals surface area contributed by atoms with E-state index in [4.69, 9.17) is 4.74 Å². The van der Waals surface area contributed by atoms with Gasteiger partial charge in [-0.1, -0.05) is 0 Å². The van der Waals surface area contributed by atoms with Gasteiger partial charge >= 0.3 is 6.03 Å². The Labute approximate surface area is 165 Å². The number of hydrogen-bond donors (Lipinski definition) is 4. The molecule has 5 aliphatic heterocycles. The maximum Gasteiger partial charge on any atom is 0.320 e. The number of nitrogens with zero attached hydrogens (tertiary/aromatic N) is 2. The molecule has 4 N–H and O–H groups in total. The van der Waals surface area contributed by atoms with Gasteiger partial charge in [-0.25, -0.2) is 4.79 Å². The zero-order valence-corrected chi connectivity index (χ0v) is 16.9. The molecule has 0 aliphatic carbocycles. The summed E-state index contributed by atoms with van der Waals surface area (Å²) in [5, 5.41) is 13.4. The summed E-state index contributed by atoms with van der Waals surface area (Å²) in [7, 11) is 0. The molecular formula is C19H32N6O3. The molecule has 28 heavy (non-hydrogen) atoms. The molecule has 5 saturated heterocycles. The lowest BCUT2D eigenvalue weighted by molar-refractivity contribution is -0.149. The van der Waals surface area contributed by atoms with Crippen LogP contribution >= 0.6 is 0 Å². The van der Waals surface area contributed by atoms with E-state index in [1.165, 1.54) is 0 Å². The fraction of sp³-hybridized carbons (Fsp3) is 0.895. The molecule has 0 radical (unpaired) electrons. The van der Waals surface area contributed by atoms with E-state index in [0.717, 1.165) is 38.8 Å². The number of ether oxygens (including phenoxy) is 1. The highest BCUT2D eigenvalue weighted by Crippen LogP contribution is 2.36. The van der Waals surface area contributed by atoms with Crippen LogP contribution in [0.3, 0.4) is 0 Å². The summed E-state index contributed by atoms with van der Waals surface area (Å²) < 4.78 is 6.48. The smallest absolute Gasteiger partial charge is 0.320 e. The maximum atomic E-state index is 12.9. The molecule has 0 aromatic heterocycles. The number of rotatable bonds is 0. The topological polar surface area (TPSA) is 98.0 Å². The van der Waals surface area contributed by atoms with Crippen LogP contribution < -0.4 is 21.3 Å². The zero-order chi connectivity index (χ0) is 19.6. The Morgan fingerprint density at radius 2 is 1.96 bits per heavy atom. The minimum atomic E-state index is -0.439. The lowest BCUT2D eigenvalue weighted by Gasteiger charge is -2.55. The molecule has 5 aliphatic rings. The molecule has 3 amide bonds. The molecule has 7 atom stereocenters. The third kappa shape index (κ3) is 2.82. The van der Waals surface area contributed by atoms with Gasteiger partial charge in [0.25, 0.3) is 0 Å². The molecule has 9 heteroatoms. The van der Waals surface area contributed by atoms with Crippen molar-refractivity contribution in [2.45, 2.75) is 88.9 Å². The first-order chi connectivity index (χ1) is 13.3. The normalized spacial score (nSPS) is 45.5. The number of carbonyl (C=O) groups excluding carboxylic acids is 2. The van der Waals surface area contributed by atoms with Crippen LogP contribution in [0.25, 0.3) is 0 Å². The van der Waals surface area contributed by atoms with Crippen LogP contribution in [0, 0.1) is 5.92 Å². The van der Waals surface area contributed by atoms with Gasteiger partial charge in [0.2, 0.25) is 5.91 Å². The summed E-state index contributed by atoms with van der Waals surface area (Å²) in [5.41, 5.74) is -0.439. The lowest BCUT2D eigenvalue weighted by Crippen LogP contribution is -2.75. The predicted molar refractivity (Wildman–Crippen MR) is 102 cm³/mol. The number of fused-ring (bicyclic) bond motifs is 2. The van der Waals surface area contributed by atoms with E-state index in [2.05, 4.69) is 46.9 Å². The summed E-state index contributed by atoms with van der Waals surface area (Å²) in [6.45, 7) is 7.91. The molecule has 0 saturated carbocycles. The second-order valence-electron chi connectivity index (χ2n) is 9.39. The quantitative estimate of drug-likeness (QED) is 0.452. The first-order valence-corrected chi connectivity index (χ1v) is 10.7. The summed E-state index contributed by atoms with van der Waals surface area (Å²) in [4.78, 5) is 30.0. The fourth-order valence-corrected chi connectivity index (χ4v) is 5.82. The van der Waals surface area contributed by atoms with Crippen molar-refractivity contribution in [1.29, 1.82) is 0 Å². The average molecular weight is 393 g/mol. The monoisotopic (exact) mass is 392 g/mol. The van der Waals surface area contributed by atoms with Crippen LogP contribution in [0.5, 0.6) is 0 Å². The van der Waals surface area contributed by atoms with E-state index in [1.807, 2.05) is 4.90 Å². The largest absolute Gasteiger partial charge is 0.373 e. The number of hydrogen-bond acceptors (Lipinski definition) is 6. The van der Waals surface area contributed by atoms with Crippen LogP contribution in [0.1, 0.15) is 46.5 Å². The molecule has 5 fully saturated rings. The molecule has 0 aromatic carbocycles. The Morgan fingerprint density at radius 3 is 2.79 bits per heavy atom. The maximum absolute atomic E-state index is 12.9. The highest BCUT2D eigenvalue weighted by molar-refractivity contribution is 5.81. The molecule has 6 unspecified atom stereocenters. The third-order valence-electron chi connectivity index (χ3n) is 7.18. The summed E-state index contributed by atoms with van der Waals surface area (Å²) >= 11 is 0. The Hall–Kier alpha value is -1.42. The highest BCUT2D eigenvalue weighted by Gasteiger charge is 2.54. The van der Waals surface area contributed by atoms with Crippen molar-refractivity contribution < 1.29 is 14.3 Å². The van der Waals surface area contributed by atoms with Crippen molar-refractivity contribution in [3.05, 3.63) is 0 Å². The van der Waals surface area contributed by atoms with E-state index in [0.29, 0.717) is 0 Å². The van der Waals surface area contributed by atoms with Gasteiger partial charge in [-0.15, -0.1) is 0 Å². The van der Waals surface area contributed by atoms with Gasteiger partial charge in [-0.2, -0.15) is 0 Å². The van der Waals surface area contributed by atoms with E-state index >= 15 is 0 Å². The third-order valence-corrected chi connectivity index (χ3v) is 7.18. The van der Waals surface area contributed by atoms with Crippen LogP contribution in [0.2, 0.25) is 0 Å². The van der Waals surface area contributed by atoms with Crippen LogP contribution in [-0.4, -0.2) is 77.2 Å². The highest BCUT2D eigenvalue weighted by atomic mass is 16.5. The first-order valence-electron chi connectivity index (χ1n) is 10.7. The standard InChI is InChI=1S/C19H32N6O3/c1-10-7-9-24-16-11(17(26)23-19(24,2)3)4-5-13(21-16)25-14-12(28-10)6-8-20-15(14)22-18(25)27/h10-16,20-21H,4-9H2,1-3H3,(H,22,27)(H,23,26)/t10-,11?,12?,13?,14?,15?,16?/m1/s1. The van der Waals surface area contributed by atoms with Gasteiger partial charge < -0.3 is 20.3 Å². The second kappa shape index (κ2) is 6.55. The SMILES string of the molecule is C[C@@H]1CCN2C3NC(CCC3C(=O)NC2(C)C)N2C(=O)NC3NCCC(O1)C32. The molecule has 5 heterocycles. The van der Waals surface area contributed by atoms with Crippen molar-refractivity contribution in [1.82, 2.24) is 31.1 Å².